The van der Waals surface area contributed by atoms with Gasteiger partial charge in [-0.25, -0.2) is 18.4 Å². The number of ether oxygens (including phenoxy) is 2. The number of benzene rings is 1. The van der Waals surface area contributed by atoms with E-state index in [9.17, 15) is 8.42 Å². The predicted octanol–water partition coefficient (Wildman–Crippen LogP) is 4.84. The van der Waals surface area contributed by atoms with Gasteiger partial charge in [0.1, 0.15) is 12.4 Å². The van der Waals surface area contributed by atoms with Crippen LogP contribution in [0, 0.1) is 13.8 Å². The zero-order valence-electron chi connectivity index (χ0n) is 19.6. The second-order valence-electron chi connectivity index (χ2n) is 9.11. The lowest BCUT2D eigenvalue weighted by atomic mass is 10.0. The SMILES string of the molecule is Cc1ncccc1Oc1ncnc(OC2CC3CCC(C2)N3S(=O)(=O)Cc2ccc(Cl)cc2)c1C. The number of pyridine rings is 1. The smallest absolute Gasteiger partial charge is 0.229 e. The van der Waals surface area contributed by atoms with Crippen molar-refractivity contribution in [1.29, 1.82) is 0 Å². The van der Waals surface area contributed by atoms with Crippen molar-refractivity contribution in [3.63, 3.8) is 0 Å². The van der Waals surface area contributed by atoms with E-state index >= 15 is 0 Å². The van der Waals surface area contributed by atoms with Gasteiger partial charge in [0.2, 0.25) is 21.8 Å². The first-order chi connectivity index (χ1) is 16.8. The van der Waals surface area contributed by atoms with Crippen LogP contribution >= 0.6 is 11.6 Å². The Hall–Kier alpha value is -2.75. The normalized spacial score (nSPS) is 22.2. The van der Waals surface area contributed by atoms with Crippen molar-refractivity contribution in [2.75, 3.05) is 0 Å². The standard InChI is InChI=1S/C25H27ClN4O4S/c1-16-24(28-15-29-25(16)34-23-4-3-11-27-17(23)2)33-22-12-20-9-10-21(13-22)30(20)35(31,32)14-18-5-7-19(26)8-6-18/h3-8,11,15,20-22H,9-10,12-14H2,1-2H3. The van der Waals surface area contributed by atoms with Crippen LogP contribution in [-0.4, -0.2) is 45.9 Å². The maximum absolute atomic E-state index is 13.3. The van der Waals surface area contributed by atoms with Crippen molar-refractivity contribution >= 4 is 21.6 Å². The largest absolute Gasteiger partial charge is 0.474 e. The molecule has 2 aliphatic heterocycles. The molecule has 5 rings (SSSR count). The molecule has 184 valence electrons. The molecule has 0 saturated carbocycles. The molecular formula is C25H27ClN4O4S. The highest BCUT2D eigenvalue weighted by Crippen LogP contribution is 2.40. The van der Waals surface area contributed by atoms with Gasteiger partial charge >= 0.3 is 0 Å². The summed E-state index contributed by atoms with van der Waals surface area (Å²) in [6, 6.07) is 10.5. The van der Waals surface area contributed by atoms with Gasteiger partial charge in [-0.3, -0.25) is 4.98 Å². The molecule has 10 heteroatoms. The third kappa shape index (κ3) is 5.12. The summed E-state index contributed by atoms with van der Waals surface area (Å²) in [6.07, 6.45) is 5.92. The van der Waals surface area contributed by atoms with Crippen LogP contribution in [0.3, 0.4) is 0 Å². The molecule has 35 heavy (non-hydrogen) atoms. The fraction of sp³-hybridized carbons (Fsp3) is 0.400. The molecular weight excluding hydrogens is 488 g/mol. The van der Waals surface area contributed by atoms with Crippen LogP contribution in [0.4, 0.5) is 0 Å². The molecule has 1 aromatic carbocycles. The van der Waals surface area contributed by atoms with Crippen molar-refractivity contribution in [3.05, 3.63) is 70.8 Å². The number of aromatic nitrogens is 3. The highest BCUT2D eigenvalue weighted by Gasteiger charge is 2.47. The molecule has 0 spiro atoms. The number of hydrogen-bond acceptors (Lipinski definition) is 7. The van der Waals surface area contributed by atoms with Crippen LogP contribution in [0.1, 0.15) is 42.5 Å². The molecule has 2 atom stereocenters. The average molecular weight is 515 g/mol. The molecule has 2 saturated heterocycles. The Labute approximate surface area is 210 Å². The molecule has 2 aromatic heterocycles. The van der Waals surface area contributed by atoms with Gasteiger partial charge in [0.05, 0.1) is 17.0 Å². The highest BCUT2D eigenvalue weighted by molar-refractivity contribution is 7.88. The molecule has 8 nitrogen and oxygen atoms in total. The van der Waals surface area contributed by atoms with Crippen molar-refractivity contribution in [2.45, 2.75) is 63.5 Å². The van der Waals surface area contributed by atoms with Gasteiger partial charge in [0, 0.05) is 36.1 Å². The first-order valence-corrected chi connectivity index (χ1v) is 13.6. The van der Waals surface area contributed by atoms with E-state index in [4.69, 9.17) is 21.1 Å². The van der Waals surface area contributed by atoms with Gasteiger partial charge in [-0.15, -0.1) is 0 Å². The van der Waals surface area contributed by atoms with Gasteiger partial charge < -0.3 is 9.47 Å². The van der Waals surface area contributed by atoms with Gasteiger partial charge in [0.25, 0.3) is 0 Å². The summed E-state index contributed by atoms with van der Waals surface area (Å²) >= 11 is 5.95. The van der Waals surface area contributed by atoms with Crippen LogP contribution in [-0.2, 0) is 15.8 Å². The lowest BCUT2D eigenvalue weighted by molar-refractivity contribution is 0.0907. The van der Waals surface area contributed by atoms with Crippen LogP contribution in [0.5, 0.6) is 17.5 Å². The van der Waals surface area contributed by atoms with E-state index in [-0.39, 0.29) is 23.9 Å². The summed E-state index contributed by atoms with van der Waals surface area (Å²) in [5.74, 6) is 1.47. The summed E-state index contributed by atoms with van der Waals surface area (Å²) in [4.78, 5) is 12.8. The Bertz CT molecular complexity index is 1310. The Kier molecular flexibility index (Phi) is 6.65. The Morgan fingerprint density at radius 2 is 1.69 bits per heavy atom. The minimum atomic E-state index is -3.45. The van der Waals surface area contributed by atoms with Crippen LogP contribution in [0.15, 0.2) is 48.9 Å². The average Bonchev–Trinajstić information content (AvgIpc) is 3.11. The molecule has 2 aliphatic rings. The molecule has 4 heterocycles. The van der Waals surface area contributed by atoms with Crippen LogP contribution < -0.4 is 9.47 Å². The summed E-state index contributed by atoms with van der Waals surface area (Å²) in [5.41, 5.74) is 2.19. The van der Waals surface area contributed by atoms with Gasteiger partial charge in [-0.2, -0.15) is 4.31 Å². The lowest BCUT2D eigenvalue weighted by Gasteiger charge is -2.37. The monoisotopic (exact) mass is 514 g/mol. The topological polar surface area (TPSA) is 94.5 Å². The van der Waals surface area contributed by atoms with E-state index in [0.29, 0.717) is 40.9 Å². The number of piperidine rings is 1. The first kappa shape index (κ1) is 24.0. The third-order valence-electron chi connectivity index (χ3n) is 6.64. The summed E-state index contributed by atoms with van der Waals surface area (Å²) in [7, 11) is -3.45. The van der Waals surface area contributed by atoms with E-state index in [1.807, 2.05) is 19.9 Å². The summed E-state index contributed by atoms with van der Waals surface area (Å²) < 4.78 is 40.5. The predicted molar refractivity (Wildman–Crippen MR) is 132 cm³/mol. The van der Waals surface area contributed by atoms with Crippen LogP contribution in [0.2, 0.25) is 5.02 Å². The molecule has 0 radical (unpaired) electrons. The molecule has 0 amide bonds. The molecule has 0 aliphatic carbocycles. The number of sulfonamides is 1. The van der Waals surface area contributed by atoms with Gasteiger partial charge in [0.15, 0.2) is 5.75 Å². The summed E-state index contributed by atoms with van der Waals surface area (Å²) in [5, 5.41) is 0.591. The van der Waals surface area contributed by atoms with Crippen molar-refractivity contribution < 1.29 is 17.9 Å². The maximum atomic E-state index is 13.3. The molecule has 2 fully saturated rings. The number of halogens is 1. The fourth-order valence-corrected chi connectivity index (χ4v) is 7.16. The van der Waals surface area contributed by atoms with Crippen molar-refractivity contribution in [2.24, 2.45) is 0 Å². The Morgan fingerprint density at radius 3 is 2.37 bits per heavy atom. The van der Waals surface area contributed by atoms with E-state index in [0.717, 1.165) is 24.1 Å². The van der Waals surface area contributed by atoms with E-state index in [1.165, 1.54) is 6.33 Å². The number of hydrogen-bond donors (Lipinski definition) is 0. The second-order valence-corrected chi connectivity index (χ2v) is 11.4. The fourth-order valence-electron chi connectivity index (χ4n) is 4.98. The molecule has 2 unspecified atom stereocenters. The minimum Gasteiger partial charge on any atom is -0.474 e. The lowest BCUT2D eigenvalue weighted by Crippen LogP contribution is -2.49. The molecule has 2 bridgehead atoms. The molecule has 0 N–H and O–H groups in total. The van der Waals surface area contributed by atoms with Crippen LogP contribution in [0.25, 0.3) is 0 Å². The van der Waals surface area contributed by atoms with E-state index < -0.39 is 10.0 Å². The minimum absolute atomic E-state index is 0.0256. The van der Waals surface area contributed by atoms with Gasteiger partial charge in [-0.1, -0.05) is 23.7 Å². The van der Waals surface area contributed by atoms with E-state index in [2.05, 4.69) is 15.0 Å². The number of fused-ring (bicyclic) bond motifs is 2. The Balaban J connectivity index is 1.28. The second kappa shape index (κ2) is 9.72. The zero-order valence-corrected chi connectivity index (χ0v) is 21.2. The number of rotatable bonds is 7. The van der Waals surface area contributed by atoms with Gasteiger partial charge in [-0.05, 0) is 56.5 Å². The maximum Gasteiger partial charge on any atom is 0.229 e. The quantitative estimate of drug-likeness (QED) is 0.445. The molecule has 3 aromatic rings. The summed E-state index contributed by atoms with van der Waals surface area (Å²) in [6.45, 7) is 3.73. The highest BCUT2D eigenvalue weighted by atomic mass is 35.5. The van der Waals surface area contributed by atoms with Crippen molar-refractivity contribution in [1.82, 2.24) is 19.3 Å². The van der Waals surface area contributed by atoms with Crippen molar-refractivity contribution in [3.8, 4) is 17.5 Å². The number of nitrogens with zero attached hydrogens (tertiary/aromatic N) is 4. The number of aryl methyl sites for hydroxylation is 1. The zero-order chi connectivity index (χ0) is 24.6. The Morgan fingerprint density at radius 1 is 1.00 bits per heavy atom. The first-order valence-electron chi connectivity index (χ1n) is 11.6. The van der Waals surface area contributed by atoms with E-state index in [1.54, 1.807) is 40.8 Å². The third-order valence-corrected chi connectivity index (χ3v) is 8.83.